The van der Waals surface area contributed by atoms with E-state index in [1.54, 1.807) is 37.5 Å². The Kier molecular flexibility index (Phi) is 9.65. The number of aromatic hydroxyl groups is 1. The molecule has 0 fully saturated rings. The monoisotopic (exact) mass is 429 g/mol. The Hall–Kier alpha value is -1.74. The van der Waals surface area contributed by atoms with E-state index in [0.29, 0.717) is 26.7 Å². The summed E-state index contributed by atoms with van der Waals surface area (Å²) in [7, 11) is 1.70. The highest BCUT2D eigenvalue weighted by atomic mass is 35.5. The molecule has 0 radical (unpaired) electrons. The number of likely N-dealkylation sites (N-methyl/N-ethyl adjacent to an activating group) is 1. The van der Waals surface area contributed by atoms with Gasteiger partial charge in [0.2, 0.25) is 5.88 Å². The molecule has 0 saturated heterocycles. The number of quaternary nitrogens is 1. The van der Waals surface area contributed by atoms with Crippen molar-refractivity contribution in [1.82, 2.24) is 4.57 Å². The molecule has 0 aliphatic carbocycles. The van der Waals surface area contributed by atoms with E-state index in [1.807, 2.05) is 0 Å². The van der Waals surface area contributed by atoms with Crippen molar-refractivity contribution in [2.45, 2.75) is 13.8 Å². The average molecular weight is 430 g/mol. The van der Waals surface area contributed by atoms with Gasteiger partial charge in [0.05, 0.1) is 30.6 Å². The molecule has 0 aliphatic heterocycles. The first-order valence-electron chi connectivity index (χ1n) is 8.49. The second kappa shape index (κ2) is 11.2. The summed E-state index contributed by atoms with van der Waals surface area (Å²) in [5.41, 5.74) is 1.17. The highest BCUT2D eigenvalue weighted by Crippen LogP contribution is 2.23. The summed E-state index contributed by atoms with van der Waals surface area (Å²) >= 11 is 6.40. The largest absolute Gasteiger partial charge is 1.00 e. The van der Waals surface area contributed by atoms with E-state index in [1.165, 1.54) is 20.8 Å². The molecule has 1 heterocycles. The second-order valence-corrected chi connectivity index (χ2v) is 7.44. The highest BCUT2D eigenvalue weighted by Gasteiger charge is 2.09. The molecule has 2 N–H and O–H groups in total. The number of nitrogens with zero attached hydrogens (tertiary/aromatic N) is 2. The Morgan fingerprint density at radius 2 is 1.96 bits per heavy atom. The van der Waals surface area contributed by atoms with Gasteiger partial charge in [0.1, 0.15) is 18.0 Å². The first-order valence-corrected chi connectivity index (χ1v) is 9.72. The summed E-state index contributed by atoms with van der Waals surface area (Å²) in [6.45, 7) is 7.50. The zero-order valence-electron chi connectivity index (χ0n) is 15.6. The summed E-state index contributed by atoms with van der Waals surface area (Å²) in [5.74, 6) is -0.231. The van der Waals surface area contributed by atoms with Gasteiger partial charge in [-0.3, -0.25) is 9.56 Å². The molecule has 0 aliphatic rings. The molecule has 1 aromatic carbocycles. The zero-order chi connectivity index (χ0) is 19.1. The van der Waals surface area contributed by atoms with E-state index >= 15 is 0 Å². The number of hydrogen-bond donors (Lipinski definition) is 2. The number of esters is 1. The summed E-state index contributed by atoms with van der Waals surface area (Å²) < 4.78 is 7.42. The highest BCUT2D eigenvalue weighted by molar-refractivity contribution is 7.73. The van der Waals surface area contributed by atoms with Crippen LogP contribution in [0.15, 0.2) is 29.3 Å². The van der Waals surface area contributed by atoms with Crippen LogP contribution in [-0.4, -0.2) is 48.1 Å². The predicted octanol–water partition coefficient (Wildman–Crippen LogP) is -0.642. The van der Waals surface area contributed by atoms with E-state index in [2.05, 4.69) is 18.8 Å². The number of benzene rings is 1. The van der Waals surface area contributed by atoms with Gasteiger partial charge >= 0.3 is 5.97 Å². The van der Waals surface area contributed by atoms with Gasteiger partial charge < -0.3 is 27.2 Å². The lowest BCUT2D eigenvalue weighted by Crippen LogP contribution is -3.11. The van der Waals surface area contributed by atoms with Crippen molar-refractivity contribution in [2.24, 2.45) is 12.0 Å². The van der Waals surface area contributed by atoms with Gasteiger partial charge in [0.15, 0.2) is 3.95 Å². The molecule has 0 amide bonds. The van der Waals surface area contributed by atoms with Crippen molar-refractivity contribution in [1.29, 1.82) is 0 Å². The number of carbonyl (C=O) groups excluding carboxylic acids is 1. The molecule has 2 aromatic rings. The van der Waals surface area contributed by atoms with Crippen LogP contribution >= 0.6 is 23.6 Å². The van der Waals surface area contributed by atoms with Crippen LogP contribution in [0.25, 0.3) is 0 Å². The molecule has 0 bridgehead atoms. The van der Waals surface area contributed by atoms with Gasteiger partial charge in [-0.05, 0) is 50.3 Å². The van der Waals surface area contributed by atoms with Crippen molar-refractivity contribution in [3.05, 3.63) is 38.7 Å². The Morgan fingerprint density at radius 3 is 2.48 bits per heavy atom. The fourth-order valence-electron chi connectivity index (χ4n) is 2.34. The predicted molar refractivity (Wildman–Crippen MR) is 107 cm³/mol. The zero-order valence-corrected chi connectivity index (χ0v) is 18.0. The minimum absolute atomic E-state index is 0. The lowest BCUT2D eigenvalue weighted by molar-refractivity contribution is -0.896. The maximum Gasteiger partial charge on any atom is 0.338 e. The van der Waals surface area contributed by atoms with E-state index in [-0.39, 0.29) is 24.3 Å². The smallest absolute Gasteiger partial charge is 0.338 e. The van der Waals surface area contributed by atoms with E-state index in [4.69, 9.17) is 17.0 Å². The molecule has 0 atom stereocenters. The maximum atomic E-state index is 12.1. The minimum atomic E-state index is -0.328. The average Bonchev–Trinajstić information content (AvgIpc) is 2.90. The number of nitrogens with one attached hydrogen (secondary N) is 1. The summed E-state index contributed by atoms with van der Waals surface area (Å²) in [5, 5.41) is 9.92. The van der Waals surface area contributed by atoms with Gasteiger partial charge in [-0.25, -0.2) is 4.79 Å². The Balaban J connectivity index is 0.00000364. The topological polar surface area (TPSA) is 68.3 Å². The molecular formula is C18H24ClN3O3S2. The molecule has 0 spiro atoms. The standard InChI is InChI=1S/C18H23N3O3S2.ClH/c1-4-21(5-2)10-11-24-17(23)13-6-8-14(9-7-13)19-12-15-16(22)20(3)18(25)26-15;/h6-9,12,22H,4-5,10-11H2,1-3H3;1H. The van der Waals surface area contributed by atoms with Gasteiger partial charge in [-0.15, -0.1) is 0 Å². The molecule has 2 rings (SSSR count). The fraction of sp³-hybridized carbons (Fsp3) is 0.389. The third kappa shape index (κ3) is 6.42. The third-order valence-corrected chi connectivity index (χ3v) is 5.61. The summed E-state index contributed by atoms with van der Waals surface area (Å²) in [6, 6.07) is 6.85. The summed E-state index contributed by atoms with van der Waals surface area (Å²) in [4.78, 5) is 18.4. The van der Waals surface area contributed by atoms with Crippen LogP contribution in [0.5, 0.6) is 5.88 Å². The number of carbonyl (C=O) groups is 1. The van der Waals surface area contributed by atoms with Crippen LogP contribution < -0.4 is 17.3 Å². The van der Waals surface area contributed by atoms with Crippen molar-refractivity contribution >= 4 is 41.4 Å². The molecule has 148 valence electrons. The second-order valence-electron chi connectivity index (χ2n) is 5.76. The van der Waals surface area contributed by atoms with Gasteiger partial charge in [-0.2, -0.15) is 0 Å². The van der Waals surface area contributed by atoms with E-state index < -0.39 is 0 Å². The molecule has 9 heteroatoms. The van der Waals surface area contributed by atoms with Crippen LogP contribution in [0, 0.1) is 3.95 Å². The normalized spacial score (nSPS) is 11.0. The molecule has 0 saturated carbocycles. The maximum absolute atomic E-state index is 12.1. The van der Waals surface area contributed by atoms with Gasteiger partial charge in [-0.1, -0.05) is 11.3 Å². The quantitative estimate of drug-likeness (QED) is 0.333. The third-order valence-electron chi connectivity index (χ3n) is 4.13. The molecule has 27 heavy (non-hydrogen) atoms. The van der Waals surface area contributed by atoms with Crippen LogP contribution in [-0.2, 0) is 11.8 Å². The lowest BCUT2D eigenvalue weighted by atomic mass is 10.2. The van der Waals surface area contributed by atoms with Crippen molar-refractivity contribution in [2.75, 3.05) is 26.2 Å². The van der Waals surface area contributed by atoms with Crippen molar-refractivity contribution in [3.63, 3.8) is 0 Å². The number of hydrogen-bond acceptors (Lipinski definition) is 6. The molecule has 0 unspecified atom stereocenters. The van der Waals surface area contributed by atoms with Gasteiger partial charge in [0, 0.05) is 7.05 Å². The van der Waals surface area contributed by atoms with Crippen LogP contribution in [0.1, 0.15) is 29.1 Å². The SMILES string of the molecule is CC[NH+](CC)CCOC(=O)c1ccc(N=Cc2sc(=S)n(C)c2O)cc1.[Cl-]. The molecular weight excluding hydrogens is 406 g/mol. The molecule has 1 aromatic heterocycles. The van der Waals surface area contributed by atoms with Crippen molar-refractivity contribution < 1.29 is 31.9 Å². The number of rotatable bonds is 8. The Bertz CT molecular complexity index is 827. The van der Waals surface area contributed by atoms with Crippen LogP contribution in [0.2, 0.25) is 0 Å². The van der Waals surface area contributed by atoms with Crippen molar-refractivity contribution in [3.8, 4) is 5.88 Å². The minimum Gasteiger partial charge on any atom is -1.00 e. The number of halogens is 1. The van der Waals surface area contributed by atoms with Gasteiger partial charge in [0.25, 0.3) is 0 Å². The van der Waals surface area contributed by atoms with Crippen LogP contribution in [0.4, 0.5) is 5.69 Å². The van der Waals surface area contributed by atoms with E-state index in [0.717, 1.165) is 19.6 Å². The first kappa shape index (κ1) is 23.3. The fourth-order valence-corrected chi connectivity index (χ4v) is 3.44. The number of aromatic nitrogens is 1. The number of thiazole rings is 1. The number of ether oxygens (including phenoxy) is 1. The van der Waals surface area contributed by atoms with E-state index in [9.17, 15) is 9.90 Å². The Morgan fingerprint density at radius 1 is 1.33 bits per heavy atom. The molecule has 6 nitrogen and oxygen atoms in total. The summed E-state index contributed by atoms with van der Waals surface area (Å²) in [6.07, 6.45) is 1.57. The Labute approximate surface area is 174 Å². The first-order chi connectivity index (χ1) is 12.5. The van der Waals surface area contributed by atoms with Crippen LogP contribution in [0.3, 0.4) is 0 Å². The lowest BCUT2D eigenvalue weighted by Gasteiger charge is -2.14. The number of aliphatic imine (C=N–C) groups is 1.